The zero-order valence-corrected chi connectivity index (χ0v) is 18.6. The van der Waals surface area contributed by atoms with Crippen molar-refractivity contribution in [3.8, 4) is 0 Å². The minimum atomic E-state index is -0.576. The first-order valence-corrected chi connectivity index (χ1v) is 10.1. The number of benzene rings is 1. The second-order valence-corrected chi connectivity index (χ2v) is 8.73. The first kappa shape index (κ1) is 21.6. The Morgan fingerprint density at radius 1 is 1.10 bits per heavy atom. The van der Waals surface area contributed by atoms with Crippen LogP contribution < -0.4 is 9.80 Å². The summed E-state index contributed by atoms with van der Waals surface area (Å²) >= 11 is 0. The van der Waals surface area contributed by atoms with Gasteiger partial charge in [-0.25, -0.2) is 9.78 Å². The number of hydrogen-bond donors (Lipinski definition) is 0. The van der Waals surface area contributed by atoms with Crippen molar-refractivity contribution in [2.75, 3.05) is 37.0 Å². The number of fused-ring (bicyclic) bond motifs is 1. The summed E-state index contributed by atoms with van der Waals surface area (Å²) in [6, 6.07) is 9.48. The average molecular weight is 411 g/mol. The molecule has 1 aliphatic rings. The van der Waals surface area contributed by atoms with Crippen LogP contribution in [-0.4, -0.2) is 54.7 Å². The van der Waals surface area contributed by atoms with Gasteiger partial charge >= 0.3 is 6.09 Å². The summed E-state index contributed by atoms with van der Waals surface area (Å²) in [6.45, 7) is 8.71. The molecule has 2 aromatic rings. The first-order chi connectivity index (χ1) is 14.1. The number of carbonyl (C=O) groups excluding carboxylic acids is 2. The molecule has 0 N–H and O–H groups in total. The molecule has 160 valence electrons. The van der Waals surface area contributed by atoms with E-state index in [1.165, 1.54) is 0 Å². The van der Waals surface area contributed by atoms with E-state index < -0.39 is 5.60 Å². The molecule has 0 aliphatic carbocycles. The highest BCUT2D eigenvalue weighted by Gasteiger charge is 2.30. The standard InChI is InChI=1S/C23H30N4O3/c1-16-8-7-9-19-18(16)15-26(22(29)30-23(2,3)4)12-13-27(19)21(28)17-10-11-20(24-14-17)25(5)6/h7-11,14H,12-13,15H2,1-6H3. The molecule has 3 rings (SSSR count). The lowest BCUT2D eigenvalue weighted by atomic mass is 10.1. The molecular formula is C23H30N4O3. The van der Waals surface area contributed by atoms with Crippen molar-refractivity contribution < 1.29 is 14.3 Å². The van der Waals surface area contributed by atoms with E-state index in [-0.39, 0.29) is 12.0 Å². The van der Waals surface area contributed by atoms with Crippen LogP contribution in [0.15, 0.2) is 36.5 Å². The normalized spacial score (nSPS) is 14.1. The van der Waals surface area contributed by atoms with E-state index in [1.54, 1.807) is 22.1 Å². The van der Waals surface area contributed by atoms with Crippen LogP contribution in [0.25, 0.3) is 0 Å². The summed E-state index contributed by atoms with van der Waals surface area (Å²) < 4.78 is 5.57. The number of pyridine rings is 1. The third-order valence-electron chi connectivity index (χ3n) is 4.97. The average Bonchev–Trinajstić information content (AvgIpc) is 2.87. The third-order valence-corrected chi connectivity index (χ3v) is 4.97. The molecule has 1 aromatic heterocycles. The van der Waals surface area contributed by atoms with Gasteiger partial charge in [-0.05, 0) is 57.0 Å². The van der Waals surface area contributed by atoms with Gasteiger partial charge in [-0.1, -0.05) is 12.1 Å². The summed E-state index contributed by atoms with van der Waals surface area (Å²) in [5, 5.41) is 0. The summed E-state index contributed by atoms with van der Waals surface area (Å²) in [6.07, 6.45) is 1.23. The summed E-state index contributed by atoms with van der Waals surface area (Å²) in [7, 11) is 3.81. The highest BCUT2D eigenvalue weighted by molar-refractivity contribution is 6.06. The van der Waals surface area contributed by atoms with Crippen LogP contribution in [-0.2, 0) is 11.3 Å². The zero-order chi connectivity index (χ0) is 22.1. The van der Waals surface area contributed by atoms with Crippen molar-refractivity contribution in [2.45, 2.75) is 39.8 Å². The molecule has 2 amide bonds. The van der Waals surface area contributed by atoms with E-state index in [2.05, 4.69) is 4.98 Å². The highest BCUT2D eigenvalue weighted by Crippen LogP contribution is 2.30. The number of ether oxygens (including phenoxy) is 1. The number of hydrogen-bond acceptors (Lipinski definition) is 5. The van der Waals surface area contributed by atoms with E-state index in [0.717, 1.165) is 22.6 Å². The van der Waals surface area contributed by atoms with Gasteiger partial charge < -0.3 is 19.4 Å². The Hall–Kier alpha value is -3.09. The largest absolute Gasteiger partial charge is 0.444 e. The number of nitrogens with zero attached hydrogens (tertiary/aromatic N) is 4. The fourth-order valence-corrected chi connectivity index (χ4v) is 3.38. The van der Waals surface area contributed by atoms with Crippen LogP contribution in [0.3, 0.4) is 0 Å². The molecule has 0 spiro atoms. The van der Waals surface area contributed by atoms with Crippen LogP contribution in [0.4, 0.5) is 16.3 Å². The van der Waals surface area contributed by atoms with Gasteiger partial charge in [0.2, 0.25) is 0 Å². The molecule has 0 atom stereocenters. The lowest BCUT2D eigenvalue weighted by molar-refractivity contribution is 0.0242. The number of aromatic nitrogens is 1. The Morgan fingerprint density at radius 3 is 2.43 bits per heavy atom. The maximum absolute atomic E-state index is 13.4. The van der Waals surface area contributed by atoms with Gasteiger partial charge in [0, 0.05) is 39.1 Å². The zero-order valence-electron chi connectivity index (χ0n) is 18.6. The topological polar surface area (TPSA) is 66.0 Å². The quantitative estimate of drug-likeness (QED) is 0.752. The van der Waals surface area contributed by atoms with Crippen LogP contribution >= 0.6 is 0 Å². The maximum atomic E-state index is 13.4. The number of amides is 2. The van der Waals surface area contributed by atoms with Crippen LogP contribution in [0.5, 0.6) is 0 Å². The molecule has 2 heterocycles. The summed E-state index contributed by atoms with van der Waals surface area (Å²) in [5.41, 5.74) is 2.74. The molecule has 0 radical (unpaired) electrons. The Kier molecular flexibility index (Phi) is 6.01. The van der Waals surface area contributed by atoms with E-state index in [9.17, 15) is 9.59 Å². The predicted octanol–water partition coefficient (Wildman–Crippen LogP) is 3.85. The predicted molar refractivity (Wildman–Crippen MR) is 118 cm³/mol. The molecule has 7 nitrogen and oxygen atoms in total. The first-order valence-electron chi connectivity index (χ1n) is 10.1. The minimum absolute atomic E-state index is 0.134. The highest BCUT2D eigenvalue weighted by atomic mass is 16.6. The summed E-state index contributed by atoms with van der Waals surface area (Å²) in [5.74, 6) is 0.653. The number of anilines is 2. The SMILES string of the molecule is Cc1cccc2c1CN(C(=O)OC(C)(C)C)CCN2C(=O)c1ccc(N(C)C)nc1. The van der Waals surface area contributed by atoms with Crippen molar-refractivity contribution in [2.24, 2.45) is 0 Å². The van der Waals surface area contributed by atoms with E-state index in [4.69, 9.17) is 4.74 Å². The Labute approximate surface area is 178 Å². The molecule has 1 aliphatic heterocycles. The van der Waals surface area contributed by atoms with Gasteiger partial charge in [-0.15, -0.1) is 0 Å². The number of rotatable bonds is 2. The van der Waals surface area contributed by atoms with Gasteiger partial charge in [0.25, 0.3) is 5.91 Å². The molecule has 0 unspecified atom stereocenters. The van der Waals surface area contributed by atoms with Crippen LogP contribution in [0.2, 0.25) is 0 Å². The molecule has 0 saturated heterocycles. The van der Waals surface area contributed by atoms with Crippen LogP contribution in [0.1, 0.15) is 42.3 Å². The van der Waals surface area contributed by atoms with Crippen molar-refractivity contribution in [3.63, 3.8) is 0 Å². The van der Waals surface area contributed by atoms with Gasteiger partial charge in [-0.2, -0.15) is 0 Å². The van der Waals surface area contributed by atoms with Gasteiger partial charge in [0.1, 0.15) is 11.4 Å². The monoisotopic (exact) mass is 410 g/mol. The van der Waals surface area contributed by atoms with Crippen molar-refractivity contribution in [3.05, 3.63) is 53.2 Å². The van der Waals surface area contributed by atoms with Crippen LogP contribution in [0, 0.1) is 6.92 Å². The van der Waals surface area contributed by atoms with E-state index in [1.807, 2.05) is 71.0 Å². The molecule has 0 saturated carbocycles. The second-order valence-electron chi connectivity index (χ2n) is 8.73. The fourth-order valence-electron chi connectivity index (χ4n) is 3.38. The number of aryl methyl sites for hydroxylation is 1. The fraction of sp³-hybridized carbons (Fsp3) is 0.435. The van der Waals surface area contributed by atoms with Gasteiger partial charge in [0.15, 0.2) is 0 Å². The Bertz CT molecular complexity index is 932. The second kappa shape index (κ2) is 8.34. The van der Waals surface area contributed by atoms with Crippen molar-refractivity contribution >= 4 is 23.5 Å². The number of carbonyl (C=O) groups is 2. The molecule has 7 heteroatoms. The third kappa shape index (κ3) is 4.72. The smallest absolute Gasteiger partial charge is 0.410 e. The van der Waals surface area contributed by atoms with Gasteiger partial charge in [0.05, 0.1) is 12.1 Å². The summed E-state index contributed by atoms with van der Waals surface area (Å²) in [4.78, 5) is 35.7. The van der Waals surface area contributed by atoms with E-state index in [0.29, 0.717) is 25.2 Å². The molecule has 30 heavy (non-hydrogen) atoms. The Morgan fingerprint density at radius 2 is 1.83 bits per heavy atom. The van der Waals surface area contributed by atoms with Gasteiger partial charge in [-0.3, -0.25) is 4.79 Å². The lowest BCUT2D eigenvalue weighted by Gasteiger charge is -2.26. The maximum Gasteiger partial charge on any atom is 0.410 e. The minimum Gasteiger partial charge on any atom is -0.444 e. The van der Waals surface area contributed by atoms with Crippen molar-refractivity contribution in [1.29, 1.82) is 0 Å². The Balaban J connectivity index is 1.92. The molecule has 1 aromatic carbocycles. The lowest BCUT2D eigenvalue weighted by Crippen LogP contribution is -2.40. The molecular weight excluding hydrogens is 380 g/mol. The van der Waals surface area contributed by atoms with E-state index >= 15 is 0 Å². The molecule has 0 bridgehead atoms. The van der Waals surface area contributed by atoms with Crippen molar-refractivity contribution in [1.82, 2.24) is 9.88 Å². The molecule has 0 fully saturated rings.